The van der Waals surface area contributed by atoms with Crippen molar-refractivity contribution in [3.8, 4) is 0 Å². The average Bonchev–Trinajstić information content (AvgIpc) is 2.96. The van der Waals surface area contributed by atoms with Crippen molar-refractivity contribution < 1.29 is 14.6 Å². The summed E-state index contributed by atoms with van der Waals surface area (Å²) in [6.07, 6.45) is 1.31. The van der Waals surface area contributed by atoms with Crippen LogP contribution >= 0.6 is 0 Å². The van der Waals surface area contributed by atoms with E-state index >= 15 is 0 Å². The highest BCUT2D eigenvalue weighted by Crippen LogP contribution is 2.38. The molecule has 26 heavy (non-hydrogen) atoms. The molecule has 0 amide bonds. The summed E-state index contributed by atoms with van der Waals surface area (Å²) in [4.78, 5) is 0. The molecule has 1 N–H and O–H groups in total. The first-order chi connectivity index (χ1) is 12.6. The van der Waals surface area contributed by atoms with E-state index in [9.17, 15) is 5.11 Å². The lowest BCUT2D eigenvalue weighted by Crippen LogP contribution is -2.30. The second kappa shape index (κ2) is 9.31. The zero-order chi connectivity index (χ0) is 18.4. The minimum Gasteiger partial charge on any atom is -0.376 e. The molecule has 5 atom stereocenters. The highest BCUT2D eigenvalue weighted by Gasteiger charge is 2.43. The average molecular weight is 354 g/mol. The van der Waals surface area contributed by atoms with Crippen LogP contribution in [0.2, 0.25) is 0 Å². The topological polar surface area (TPSA) is 38.7 Å². The van der Waals surface area contributed by atoms with Crippen LogP contribution in [0.4, 0.5) is 0 Å². The molecule has 1 fully saturated rings. The van der Waals surface area contributed by atoms with Gasteiger partial charge in [0.25, 0.3) is 0 Å². The molecule has 2 aromatic carbocycles. The van der Waals surface area contributed by atoms with Gasteiger partial charge < -0.3 is 14.6 Å². The van der Waals surface area contributed by atoms with E-state index in [4.69, 9.17) is 9.47 Å². The van der Waals surface area contributed by atoms with E-state index in [2.05, 4.69) is 50.2 Å². The zero-order valence-corrected chi connectivity index (χ0v) is 15.8. The van der Waals surface area contributed by atoms with Crippen molar-refractivity contribution in [2.45, 2.75) is 45.7 Å². The standard InChI is InChI=1S/C23H30O3/c1-17(15-25-16-20-11-7-4-8-12-20)22-18(2)23(24)26-21(22)14-13-19-9-5-3-6-10-19/h3-12,17-18,21-24H,13-16H2,1-2H3/t17-,18-,21+,22-,23?/m0/s1. The van der Waals surface area contributed by atoms with Gasteiger partial charge in [-0.2, -0.15) is 0 Å². The maximum Gasteiger partial charge on any atom is 0.157 e. The van der Waals surface area contributed by atoms with E-state index < -0.39 is 6.29 Å². The number of ether oxygens (including phenoxy) is 2. The van der Waals surface area contributed by atoms with Gasteiger partial charge in [0.05, 0.1) is 12.7 Å². The summed E-state index contributed by atoms with van der Waals surface area (Å²) >= 11 is 0. The van der Waals surface area contributed by atoms with E-state index in [0.717, 1.165) is 12.8 Å². The Morgan fingerprint density at radius 3 is 2.27 bits per heavy atom. The number of rotatable bonds is 8. The normalized spacial score (nSPS) is 26.7. The minimum atomic E-state index is -0.669. The number of aryl methyl sites for hydroxylation is 1. The summed E-state index contributed by atoms with van der Waals surface area (Å²) in [6, 6.07) is 20.7. The van der Waals surface area contributed by atoms with Crippen LogP contribution in [0.5, 0.6) is 0 Å². The summed E-state index contributed by atoms with van der Waals surface area (Å²) in [7, 11) is 0. The van der Waals surface area contributed by atoms with E-state index in [-0.39, 0.29) is 12.0 Å². The van der Waals surface area contributed by atoms with E-state index in [1.54, 1.807) is 0 Å². The molecule has 140 valence electrons. The van der Waals surface area contributed by atoms with E-state index in [1.165, 1.54) is 11.1 Å². The Balaban J connectivity index is 1.53. The van der Waals surface area contributed by atoms with Crippen molar-refractivity contribution in [3.05, 3.63) is 71.8 Å². The molecular formula is C23H30O3. The second-order valence-corrected chi connectivity index (χ2v) is 7.50. The van der Waals surface area contributed by atoms with Crippen LogP contribution in [0.15, 0.2) is 60.7 Å². The zero-order valence-electron chi connectivity index (χ0n) is 15.8. The SMILES string of the molecule is C[C@@H]1C(O)O[C@H](CCc2ccccc2)[C@H]1[C@@H](C)COCc1ccccc1. The van der Waals surface area contributed by atoms with Crippen LogP contribution in [-0.4, -0.2) is 24.1 Å². The van der Waals surface area contributed by atoms with Gasteiger partial charge in [-0.3, -0.25) is 0 Å². The van der Waals surface area contributed by atoms with Gasteiger partial charge in [0.1, 0.15) is 0 Å². The van der Waals surface area contributed by atoms with Crippen LogP contribution in [-0.2, 0) is 22.5 Å². The molecule has 0 saturated carbocycles. The smallest absolute Gasteiger partial charge is 0.157 e. The molecule has 3 heteroatoms. The lowest BCUT2D eigenvalue weighted by atomic mass is 9.80. The Kier molecular flexibility index (Phi) is 6.84. The summed E-state index contributed by atoms with van der Waals surface area (Å²) in [5, 5.41) is 10.2. The van der Waals surface area contributed by atoms with Gasteiger partial charge in [0.2, 0.25) is 0 Å². The highest BCUT2D eigenvalue weighted by molar-refractivity contribution is 5.15. The molecule has 0 bridgehead atoms. The first kappa shape index (κ1) is 19.1. The Morgan fingerprint density at radius 2 is 1.62 bits per heavy atom. The molecular weight excluding hydrogens is 324 g/mol. The van der Waals surface area contributed by atoms with E-state index in [1.807, 2.05) is 24.3 Å². The van der Waals surface area contributed by atoms with Crippen LogP contribution < -0.4 is 0 Å². The molecule has 3 nitrogen and oxygen atoms in total. The van der Waals surface area contributed by atoms with Gasteiger partial charge in [-0.15, -0.1) is 0 Å². The summed E-state index contributed by atoms with van der Waals surface area (Å²) in [5.74, 6) is 0.780. The van der Waals surface area contributed by atoms with Crippen molar-refractivity contribution in [3.63, 3.8) is 0 Å². The number of hydrogen-bond donors (Lipinski definition) is 1. The van der Waals surface area contributed by atoms with Gasteiger partial charge in [0.15, 0.2) is 6.29 Å². The number of aliphatic hydroxyl groups is 1. The van der Waals surface area contributed by atoms with Crippen molar-refractivity contribution in [2.24, 2.45) is 17.8 Å². The van der Waals surface area contributed by atoms with Crippen LogP contribution in [0.25, 0.3) is 0 Å². The number of hydrogen-bond acceptors (Lipinski definition) is 3. The second-order valence-electron chi connectivity index (χ2n) is 7.50. The van der Waals surface area contributed by atoms with E-state index in [0.29, 0.717) is 25.0 Å². The lowest BCUT2D eigenvalue weighted by Gasteiger charge is -2.27. The molecule has 1 heterocycles. The third kappa shape index (κ3) is 4.94. The minimum absolute atomic E-state index is 0.0792. The summed E-state index contributed by atoms with van der Waals surface area (Å²) in [5.41, 5.74) is 2.51. The largest absolute Gasteiger partial charge is 0.376 e. The van der Waals surface area contributed by atoms with Crippen LogP contribution in [0.1, 0.15) is 31.4 Å². The molecule has 3 rings (SSSR count). The fourth-order valence-corrected chi connectivity index (χ4v) is 4.07. The first-order valence-electron chi connectivity index (χ1n) is 9.64. The molecule has 1 saturated heterocycles. The summed E-state index contributed by atoms with van der Waals surface area (Å²) < 4.78 is 11.8. The fourth-order valence-electron chi connectivity index (χ4n) is 4.07. The maximum atomic E-state index is 10.2. The predicted octanol–water partition coefficient (Wildman–Crippen LogP) is 4.44. The molecule has 1 aliphatic heterocycles. The van der Waals surface area contributed by atoms with Gasteiger partial charge in [0, 0.05) is 12.5 Å². The fraction of sp³-hybridized carbons (Fsp3) is 0.478. The van der Waals surface area contributed by atoms with Crippen molar-refractivity contribution in [1.29, 1.82) is 0 Å². The van der Waals surface area contributed by atoms with Crippen molar-refractivity contribution in [2.75, 3.05) is 6.61 Å². The highest BCUT2D eigenvalue weighted by atomic mass is 16.6. The van der Waals surface area contributed by atoms with Gasteiger partial charge >= 0.3 is 0 Å². The maximum absolute atomic E-state index is 10.2. The Labute approximate surface area is 157 Å². The lowest BCUT2D eigenvalue weighted by molar-refractivity contribution is -0.107. The Bertz CT molecular complexity index is 643. The van der Waals surface area contributed by atoms with Gasteiger partial charge in [-0.05, 0) is 35.8 Å². The van der Waals surface area contributed by atoms with Gasteiger partial charge in [-0.25, -0.2) is 0 Å². The molecule has 0 aliphatic carbocycles. The Hall–Kier alpha value is -1.68. The number of aliphatic hydroxyl groups excluding tert-OH is 1. The molecule has 2 aromatic rings. The molecule has 0 radical (unpaired) electrons. The number of benzene rings is 2. The molecule has 0 aromatic heterocycles. The Morgan fingerprint density at radius 1 is 1.00 bits per heavy atom. The monoisotopic (exact) mass is 354 g/mol. The quantitative estimate of drug-likeness (QED) is 0.761. The van der Waals surface area contributed by atoms with Crippen LogP contribution in [0.3, 0.4) is 0 Å². The van der Waals surface area contributed by atoms with Crippen molar-refractivity contribution >= 4 is 0 Å². The first-order valence-corrected chi connectivity index (χ1v) is 9.64. The van der Waals surface area contributed by atoms with Gasteiger partial charge in [-0.1, -0.05) is 74.5 Å². The third-order valence-electron chi connectivity index (χ3n) is 5.51. The van der Waals surface area contributed by atoms with Crippen molar-refractivity contribution in [1.82, 2.24) is 0 Å². The van der Waals surface area contributed by atoms with Crippen LogP contribution in [0, 0.1) is 17.8 Å². The molecule has 0 spiro atoms. The molecule has 1 aliphatic rings. The molecule has 1 unspecified atom stereocenters. The predicted molar refractivity (Wildman–Crippen MR) is 104 cm³/mol. The third-order valence-corrected chi connectivity index (χ3v) is 5.51. The summed E-state index contributed by atoms with van der Waals surface area (Å²) in [6.45, 7) is 5.61.